The van der Waals surface area contributed by atoms with Gasteiger partial charge in [0.2, 0.25) is 6.79 Å². The second kappa shape index (κ2) is 7.49. The van der Waals surface area contributed by atoms with Gasteiger partial charge in [0.1, 0.15) is 5.75 Å². The molecule has 0 unspecified atom stereocenters. The van der Waals surface area contributed by atoms with Crippen molar-refractivity contribution in [1.29, 1.82) is 0 Å². The molecular weight excluding hydrogens is 326 g/mol. The Labute approximate surface area is 147 Å². The van der Waals surface area contributed by atoms with E-state index in [1.165, 1.54) is 0 Å². The van der Waals surface area contributed by atoms with E-state index in [-0.39, 0.29) is 25.2 Å². The molecule has 1 amide bonds. The van der Waals surface area contributed by atoms with Crippen molar-refractivity contribution < 1.29 is 28.8 Å². The predicted molar refractivity (Wildman–Crippen MR) is 89.9 cm³/mol. The highest BCUT2D eigenvalue weighted by molar-refractivity contribution is 5.78. The van der Waals surface area contributed by atoms with Crippen molar-refractivity contribution in [2.24, 2.45) is 5.92 Å². The molecule has 7 nitrogen and oxygen atoms in total. The van der Waals surface area contributed by atoms with Crippen molar-refractivity contribution in [3.05, 3.63) is 18.2 Å². The Morgan fingerprint density at radius 1 is 1.40 bits per heavy atom. The second-order valence-electron chi connectivity index (χ2n) is 6.64. The molecule has 138 valence electrons. The van der Waals surface area contributed by atoms with Crippen LogP contribution < -0.4 is 14.2 Å². The van der Waals surface area contributed by atoms with E-state index in [2.05, 4.69) is 0 Å². The van der Waals surface area contributed by atoms with Crippen molar-refractivity contribution in [3.63, 3.8) is 0 Å². The minimum absolute atomic E-state index is 0.00843. The van der Waals surface area contributed by atoms with Gasteiger partial charge in [-0.15, -0.1) is 0 Å². The van der Waals surface area contributed by atoms with E-state index in [0.717, 1.165) is 0 Å². The van der Waals surface area contributed by atoms with Crippen LogP contribution in [0, 0.1) is 5.92 Å². The third kappa shape index (κ3) is 3.99. The summed E-state index contributed by atoms with van der Waals surface area (Å²) in [7, 11) is 1.63. The molecule has 7 heteroatoms. The molecule has 0 aliphatic carbocycles. The fourth-order valence-electron chi connectivity index (χ4n) is 3.25. The summed E-state index contributed by atoms with van der Waals surface area (Å²) < 4.78 is 21.2. The molecule has 0 radical (unpaired) electrons. The van der Waals surface area contributed by atoms with Crippen molar-refractivity contribution in [2.45, 2.75) is 25.4 Å². The summed E-state index contributed by atoms with van der Waals surface area (Å²) in [6.45, 7) is 3.69. The Bertz CT molecular complexity index is 622. The molecule has 1 fully saturated rings. The number of likely N-dealkylation sites (tertiary alicyclic amines) is 1. The van der Waals surface area contributed by atoms with Gasteiger partial charge < -0.3 is 29.0 Å². The molecule has 0 bridgehead atoms. The number of fused-ring (bicyclic) bond motifs is 1. The van der Waals surface area contributed by atoms with E-state index >= 15 is 0 Å². The third-order valence-corrected chi connectivity index (χ3v) is 5.02. The van der Waals surface area contributed by atoms with E-state index in [1.54, 1.807) is 30.2 Å². The molecule has 0 aromatic heterocycles. The first kappa shape index (κ1) is 17.8. The van der Waals surface area contributed by atoms with Crippen LogP contribution in [-0.2, 0) is 9.53 Å². The fraction of sp³-hybridized carbons (Fsp3) is 0.611. The van der Waals surface area contributed by atoms with Gasteiger partial charge in [0.25, 0.3) is 5.91 Å². The van der Waals surface area contributed by atoms with Gasteiger partial charge in [0.15, 0.2) is 18.1 Å². The van der Waals surface area contributed by atoms with Gasteiger partial charge in [-0.2, -0.15) is 0 Å². The first-order valence-corrected chi connectivity index (χ1v) is 8.53. The van der Waals surface area contributed by atoms with E-state index in [4.69, 9.17) is 18.9 Å². The molecular formula is C18H25NO6. The summed E-state index contributed by atoms with van der Waals surface area (Å²) >= 11 is 0. The van der Waals surface area contributed by atoms with Crippen LogP contribution in [0.4, 0.5) is 0 Å². The Hall–Kier alpha value is -1.99. The monoisotopic (exact) mass is 351 g/mol. The van der Waals surface area contributed by atoms with Crippen LogP contribution in [0.1, 0.15) is 19.8 Å². The van der Waals surface area contributed by atoms with Crippen molar-refractivity contribution in [2.75, 3.05) is 40.2 Å². The average Bonchev–Trinajstić information content (AvgIpc) is 3.08. The lowest BCUT2D eigenvalue weighted by Crippen LogP contribution is -2.53. The molecule has 3 rings (SSSR count). The van der Waals surface area contributed by atoms with Crippen molar-refractivity contribution in [1.82, 2.24) is 4.90 Å². The first-order valence-electron chi connectivity index (χ1n) is 8.53. The first-order chi connectivity index (χ1) is 12.0. The largest absolute Gasteiger partial charge is 0.484 e. The zero-order valence-corrected chi connectivity index (χ0v) is 14.7. The minimum Gasteiger partial charge on any atom is -0.484 e. The molecule has 0 spiro atoms. The Morgan fingerprint density at radius 2 is 2.20 bits per heavy atom. The van der Waals surface area contributed by atoms with E-state index < -0.39 is 5.60 Å². The number of nitrogens with zero attached hydrogens (tertiary/aromatic N) is 1. The lowest BCUT2D eigenvalue weighted by Gasteiger charge is -2.43. The number of amides is 1. The van der Waals surface area contributed by atoms with Gasteiger partial charge in [-0.25, -0.2) is 0 Å². The lowest BCUT2D eigenvalue weighted by atomic mass is 9.80. The van der Waals surface area contributed by atoms with E-state index in [9.17, 15) is 9.90 Å². The minimum atomic E-state index is -0.773. The van der Waals surface area contributed by atoms with Crippen LogP contribution in [0.5, 0.6) is 17.2 Å². The number of aliphatic hydroxyl groups is 1. The van der Waals surface area contributed by atoms with Gasteiger partial charge in [0, 0.05) is 38.8 Å². The van der Waals surface area contributed by atoms with Crippen LogP contribution >= 0.6 is 0 Å². The molecule has 2 atom stereocenters. The van der Waals surface area contributed by atoms with Crippen molar-refractivity contribution >= 4 is 5.91 Å². The molecule has 1 aromatic carbocycles. The third-order valence-electron chi connectivity index (χ3n) is 5.02. The highest BCUT2D eigenvalue weighted by Crippen LogP contribution is 2.35. The summed E-state index contributed by atoms with van der Waals surface area (Å²) in [5, 5.41) is 10.7. The SMILES string of the molecule is COCC[C@]1(O)CCN(C(=O)COc2ccc3c(c2)OCO3)C[C@H]1C. The summed E-state index contributed by atoms with van der Waals surface area (Å²) in [4.78, 5) is 14.2. The van der Waals surface area contributed by atoms with E-state index in [1.807, 2.05) is 6.92 Å². The van der Waals surface area contributed by atoms with Crippen LogP contribution in [0.25, 0.3) is 0 Å². The molecule has 2 aliphatic heterocycles. The molecule has 1 aromatic rings. The molecule has 25 heavy (non-hydrogen) atoms. The standard InChI is InChI=1S/C18H25NO6/c1-13-10-19(7-5-18(13,21)6-8-22-2)17(20)11-23-14-3-4-15-16(9-14)25-12-24-15/h3-4,9,13,21H,5-8,10-12H2,1-2H3/t13-,18-/m1/s1. The fourth-order valence-corrected chi connectivity index (χ4v) is 3.25. The Morgan fingerprint density at radius 3 is 2.96 bits per heavy atom. The number of carbonyl (C=O) groups is 1. The predicted octanol–water partition coefficient (Wildman–Crippen LogP) is 1.43. The van der Waals surface area contributed by atoms with Gasteiger partial charge in [-0.1, -0.05) is 6.92 Å². The molecule has 1 saturated heterocycles. The smallest absolute Gasteiger partial charge is 0.260 e. The summed E-state index contributed by atoms with van der Waals surface area (Å²) in [5.74, 6) is 1.78. The number of rotatable bonds is 6. The number of methoxy groups -OCH3 is 1. The second-order valence-corrected chi connectivity index (χ2v) is 6.64. The Balaban J connectivity index is 1.51. The molecule has 2 heterocycles. The molecule has 1 N–H and O–H groups in total. The maximum Gasteiger partial charge on any atom is 0.260 e. The highest BCUT2D eigenvalue weighted by atomic mass is 16.7. The number of hydrogen-bond acceptors (Lipinski definition) is 6. The molecule has 0 saturated carbocycles. The van der Waals surface area contributed by atoms with E-state index in [0.29, 0.717) is 49.8 Å². The zero-order chi connectivity index (χ0) is 17.9. The van der Waals surface area contributed by atoms with Crippen molar-refractivity contribution in [3.8, 4) is 17.2 Å². The number of ether oxygens (including phenoxy) is 4. The molecule has 2 aliphatic rings. The van der Waals surface area contributed by atoms with Gasteiger partial charge in [-0.05, 0) is 25.0 Å². The summed E-state index contributed by atoms with van der Waals surface area (Å²) in [6, 6.07) is 5.24. The normalized spacial score (nSPS) is 25.1. The number of hydrogen-bond donors (Lipinski definition) is 1. The van der Waals surface area contributed by atoms with Gasteiger partial charge in [0.05, 0.1) is 5.60 Å². The maximum absolute atomic E-state index is 12.4. The quantitative estimate of drug-likeness (QED) is 0.835. The van der Waals surface area contributed by atoms with Crippen LogP contribution in [0.3, 0.4) is 0 Å². The zero-order valence-electron chi connectivity index (χ0n) is 14.7. The maximum atomic E-state index is 12.4. The van der Waals surface area contributed by atoms with Crippen LogP contribution in [0.2, 0.25) is 0 Å². The number of piperidine rings is 1. The average molecular weight is 351 g/mol. The highest BCUT2D eigenvalue weighted by Gasteiger charge is 2.39. The van der Waals surface area contributed by atoms with Crippen LogP contribution in [0.15, 0.2) is 18.2 Å². The Kier molecular flexibility index (Phi) is 5.34. The van der Waals surface area contributed by atoms with Gasteiger partial charge in [-0.3, -0.25) is 4.79 Å². The number of benzene rings is 1. The lowest BCUT2D eigenvalue weighted by molar-refractivity contribution is -0.142. The summed E-state index contributed by atoms with van der Waals surface area (Å²) in [6.07, 6.45) is 1.13. The topological polar surface area (TPSA) is 77.5 Å². The van der Waals surface area contributed by atoms with Gasteiger partial charge >= 0.3 is 0 Å². The number of carbonyl (C=O) groups excluding carboxylic acids is 1. The summed E-state index contributed by atoms with van der Waals surface area (Å²) in [5.41, 5.74) is -0.773. The van der Waals surface area contributed by atoms with Crippen LogP contribution in [-0.4, -0.2) is 61.7 Å².